The number of aryl methyl sites for hydroxylation is 1. The minimum atomic E-state index is -0.304. The van der Waals surface area contributed by atoms with Gasteiger partial charge >= 0.3 is 6.03 Å². The lowest BCUT2D eigenvalue weighted by atomic mass is 10.0. The fraction of sp³-hybridized carbons (Fsp3) is 0.158. The van der Waals surface area contributed by atoms with Gasteiger partial charge in [-0.1, -0.05) is 18.2 Å². The van der Waals surface area contributed by atoms with Crippen molar-refractivity contribution in [3.63, 3.8) is 0 Å². The molecule has 0 spiro atoms. The van der Waals surface area contributed by atoms with Crippen molar-refractivity contribution in [1.29, 1.82) is 0 Å². The van der Waals surface area contributed by atoms with Crippen LogP contribution in [0.4, 0.5) is 16.2 Å². The topological polar surface area (TPSA) is 70.2 Å². The highest BCUT2D eigenvalue weighted by Crippen LogP contribution is 2.17. The maximum absolute atomic E-state index is 12.4. The van der Waals surface area contributed by atoms with E-state index in [-0.39, 0.29) is 11.9 Å². The summed E-state index contributed by atoms with van der Waals surface area (Å²) in [6.45, 7) is 7.84. The number of anilines is 2. The molecule has 0 bridgehead atoms. The Hall–Kier alpha value is -3.08. The Morgan fingerprint density at radius 2 is 1.62 bits per heavy atom. The van der Waals surface area contributed by atoms with Crippen LogP contribution in [0.15, 0.2) is 55.1 Å². The Morgan fingerprint density at radius 1 is 1.00 bits per heavy atom. The van der Waals surface area contributed by atoms with Crippen LogP contribution in [-0.2, 0) is 0 Å². The second-order valence-electron chi connectivity index (χ2n) is 5.40. The molecule has 3 N–H and O–H groups in total. The Kier molecular flexibility index (Phi) is 5.73. The first-order valence-electron chi connectivity index (χ1n) is 7.64. The maximum Gasteiger partial charge on any atom is 0.319 e. The number of hydrogen-bond donors (Lipinski definition) is 3. The summed E-state index contributed by atoms with van der Waals surface area (Å²) in [5.74, 6) is -0.152. The fourth-order valence-electron chi connectivity index (χ4n) is 2.17. The van der Waals surface area contributed by atoms with Gasteiger partial charge in [0, 0.05) is 23.5 Å². The van der Waals surface area contributed by atoms with Crippen LogP contribution in [-0.4, -0.2) is 18.5 Å². The average Bonchev–Trinajstić information content (AvgIpc) is 2.57. The van der Waals surface area contributed by atoms with Gasteiger partial charge in [0.15, 0.2) is 0 Å². The number of amides is 3. The molecule has 0 fully saturated rings. The zero-order valence-electron chi connectivity index (χ0n) is 13.8. The monoisotopic (exact) mass is 323 g/mol. The second kappa shape index (κ2) is 7.97. The first kappa shape index (κ1) is 17.3. The van der Waals surface area contributed by atoms with Crippen molar-refractivity contribution in [3.05, 3.63) is 71.8 Å². The van der Waals surface area contributed by atoms with E-state index in [9.17, 15) is 9.59 Å². The van der Waals surface area contributed by atoms with Crippen molar-refractivity contribution < 1.29 is 9.59 Å². The van der Waals surface area contributed by atoms with Gasteiger partial charge in [-0.25, -0.2) is 4.79 Å². The molecule has 0 aliphatic heterocycles. The Balaban J connectivity index is 2.01. The lowest BCUT2D eigenvalue weighted by Crippen LogP contribution is -2.28. The van der Waals surface area contributed by atoms with E-state index in [2.05, 4.69) is 22.5 Å². The molecule has 5 heteroatoms. The molecule has 0 aliphatic rings. The van der Waals surface area contributed by atoms with Crippen LogP contribution in [0.3, 0.4) is 0 Å². The summed E-state index contributed by atoms with van der Waals surface area (Å²) in [6, 6.07) is 12.3. The number of rotatable bonds is 5. The predicted octanol–water partition coefficient (Wildman–Crippen LogP) is 3.86. The molecular weight excluding hydrogens is 302 g/mol. The van der Waals surface area contributed by atoms with Crippen LogP contribution in [0.1, 0.15) is 21.5 Å². The number of benzene rings is 2. The molecule has 0 atom stereocenters. The minimum Gasteiger partial charge on any atom is -0.334 e. The van der Waals surface area contributed by atoms with Crippen LogP contribution in [0.25, 0.3) is 0 Å². The summed E-state index contributed by atoms with van der Waals surface area (Å²) in [4.78, 5) is 23.9. The van der Waals surface area contributed by atoms with Crippen LogP contribution in [0.5, 0.6) is 0 Å². The lowest BCUT2D eigenvalue weighted by molar-refractivity contribution is 0.102. The van der Waals surface area contributed by atoms with Crippen molar-refractivity contribution in [2.75, 3.05) is 17.2 Å². The van der Waals surface area contributed by atoms with Crippen molar-refractivity contribution >= 4 is 23.3 Å². The van der Waals surface area contributed by atoms with E-state index in [1.165, 1.54) is 0 Å². The molecule has 0 saturated heterocycles. The van der Waals surface area contributed by atoms with E-state index in [0.717, 1.165) is 11.1 Å². The van der Waals surface area contributed by atoms with Crippen LogP contribution < -0.4 is 16.0 Å². The normalized spacial score (nSPS) is 9.92. The predicted molar refractivity (Wildman–Crippen MR) is 97.5 cm³/mol. The molecule has 124 valence electrons. The van der Waals surface area contributed by atoms with E-state index in [4.69, 9.17) is 0 Å². The molecule has 24 heavy (non-hydrogen) atoms. The Labute approximate surface area is 141 Å². The van der Waals surface area contributed by atoms with Crippen molar-refractivity contribution in [2.45, 2.75) is 13.8 Å². The summed E-state index contributed by atoms with van der Waals surface area (Å²) in [6.07, 6.45) is 1.60. The zero-order valence-corrected chi connectivity index (χ0v) is 13.8. The third-order valence-electron chi connectivity index (χ3n) is 3.66. The minimum absolute atomic E-state index is 0.152. The van der Waals surface area contributed by atoms with Gasteiger partial charge in [-0.05, 0) is 55.3 Å². The Morgan fingerprint density at radius 3 is 2.25 bits per heavy atom. The van der Waals surface area contributed by atoms with Crippen molar-refractivity contribution in [2.24, 2.45) is 0 Å². The highest BCUT2D eigenvalue weighted by atomic mass is 16.2. The standard InChI is InChI=1S/C19H21N3O2/c1-4-12-20-19(24)22-16-10-8-15(9-11-16)21-18(23)17-7-5-6-13(2)14(17)3/h4-11H,1,12H2,2-3H3,(H,21,23)(H2,20,22,24). The van der Waals surface area contributed by atoms with E-state index in [1.54, 1.807) is 36.4 Å². The van der Waals surface area contributed by atoms with Gasteiger partial charge in [0.05, 0.1) is 0 Å². The smallest absolute Gasteiger partial charge is 0.319 e. The summed E-state index contributed by atoms with van der Waals surface area (Å²) < 4.78 is 0. The molecule has 0 unspecified atom stereocenters. The van der Waals surface area contributed by atoms with Crippen molar-refractivity contribution in [1.82, 2.24) is 5.32 Å². The molecule has 5 nitrogen and oxygen atoms in total. The van der Waals surface area contributed by atoms with Gasteiger partial charge in [0.2, 0.25) is 0 Å². The molecule has 2 aromatic carbocycles. The molecular formula is C19H21N3O2. The molecule has 2 aromatic rings. The van der Waals surface area contributed by atoms with E-state index in [1.807, 2.05) is 26.0 Å². The second-order valence-corrected chi connectivity index (χ2v) is 5.40. The molecule has 0 saturated carbocycles. The molecule has 0 aliphatic carbocycles. The first-order chi connectivity index (χ1) is 11.5. The van der Waals surface area contributed by atoms with Gasteiger partial charge in [0.25, 0.3) is 5.91 Å². The summed E-state index contributed by atoms with van der Waals surface area (Å²) in [5.41, 5.74) is 4.00. The van der Waals surface area contributed by atoms with Gasteiger partial charge < -0.3 is 16.0 Å². The number of hydrogen-bond acceptors (Lipinski definition) is 2. The van der Waals surface area contributed by atoms with Crippen LogP contribution >= 0.6 is 0 Å². The summed E-state index contributed by atoms with van der Waals surface area (Å²) >= 11 is 0. The number of urea groups is 1. The number of nitrogens with one attached hydrogen (secondary N) is 3. The third kappa shape index (κ3) is 4.46. The zero-order chi connectivity index (χ0) is 17.5. The quantitative estimate of drug-likeness (QED) is 0.731. The Bertz CT molecular complexity index is 752. The molecule has 0 radical (unpaired) electrons. The third-order valence-corrected chi connectivity index (χ3v) is 3.66. The summed E-state index contributed by atoms with van der Waals surface area (Å²) in [5, 5.41) is 8.18. The van der Waals surface area contributed by atoms with E-state index in [0.29, 0.717) is 23.5 Å². The SMILES string of the molecule is C=CCNC(=O)Nc1ccc(NC(=O)c2cccc(C)c2C)cc1. The summed E-state index contributed by atoms with van der Waals surface area (Å²) in [7, 11) is 0. The number of carbonyl (C=O) groups excluding carboxylic acids is 2. The average molecular weight is 323 g/mol. The van der Waals surface area contributed by atoms with E-state index < -0.39 is 0 Å². The van der Waals surface area contributed by atoms with Crippen LogP contribution in [0, 0.1) is 13.8 Å². The van der Waals surface area contributed by atoms with Gasteiger partial charge in [-0.15, -0.1) is 6.58 Å². The molecule has 3 amide bonds. The highest BCUT2D eigenvalue weighted by molar-refractivity contribution is 6.05. The highest BCUT2D eigenvalue weighted by Gasteiger charge is 2.10. The fourth-order valence-corrected chi connectivity index (χ4v) is 2.17. The maximum atomic E-state index is 12.4. The largest absolute Gasteiger partial charge is 0.334 e. The lowest BCUT2D eigenvalue weighted by Gasteiger charge is -2.10. The van der Waals surface area contributed by atoms with Gasteiger partial charge in [-0.2, -0.15) is 0 Å². The van der Waals surface area contributed by atoms with Crippen molar-refractivity contribution in [3.8, 4) is 0 Å². The van der Waals surface area contributed by atoms with E-state index >= 15 is 0 Å². The number of carbonyl (C=O) groups is 2. The molecule has 0 heterocycles. The van der Waals surface area contributed by atoms with Gasteiger partial charge in [0.1, 0.15) is 0 Å². The molecule has 0 aromatic heterocycles. The molecule has 2 rings (SSSR count). The first-order valence-corrected chi connectivity index (χ1v) is 7.64. The van der Waals surface area contributed by atoms with Crippen LogP contribution in [0.2, 0.25) is 0 Å². The van der Waals surface area contributed by atoms with Gasteiger partial charge in [-0.3, -0.25) is 4.79 Å².